The molecule has 0 spiro atoms. The number of pyridine rings is 1. The number of nitrogens with zero attached hydrogens (tertiary/aromatic N) is 1. The van der Waals surface area contributed by atoms with Crippen molar-refractivity contribution in [3.05, 3.63) is 76.1 Å². The van der Waals surface area contributed by atoms with Crippen LogP contribution in [0.2, 0.25) is 0 Å². The molecule has 0 aliphatic carbocycles. The van der Waals surface area contributed by atoms with Gasteiger partial charge in [-0.2, -0.15) is 0 Å². The molecular weight excluding hydrogens is 288 g/mol. The second kappa shape index (κ2) is 6.67. The lowest BCUT2D eigenvalue weighted by molar-refractivity contribution is 0.318. The van der Waals surface area contributed by atoms with Crippen LogP contribution in [0.1, 0.15) is 11.1 Å². The van der Waals surface area contributed by atoms with Crippen molar-refractivity contribution in [1.82, 2.24) is 9.88 Å². The molecule has 0 aliphatic heterocycles. The fourth-order valence-corrected chi connectivity index (χ4v) is 2.71. The van der Waals surface area contributed by atoms with Gasteiger partial charge in [-0.25, -0.2) is 0 Å². The van der Waals surface area contributed by atoms with Gasteiger partial charge in [0, 0.05) is 24.7 Å². The Labute approximate surface area is 135 Å². The zero-order valence-electron chi connectivity index (χ0n) is 13.4. The average molecular weight is 308 g/mol. The fourth-order valence-electron chi connectivity index (χ4n) is 2.71. The summed E-state index contributed by atoms with van der Waals surface area (Å²) in [6.07, 6.45) is 0. The van der Waals surface area contributed by atoms with E-state index < -0.39 is 0 Å². The summed E-state index contributed by atoms with van der Waals surface area (Å²) in [5, 5.41) is 1.01. The summed E-state index contributed by atoms with van der Waals surface area (Å²) >= 11 is 0. The molecule has 0 amide bonds. The molecule has 4 nitrogen and oxygen atoms in total. The van der Waals surface area contributed by atoms with Gasteiger partial charge in [-0.05, 0) is 36.2 Å². The van der Waals surface area contributed by atoms with Crippen molar-refractivity contribution in [1.29, 1.82) is 0 Å². The van der Waals surface area contributed by atoms with Crippen molar-refractivity contribution < 1.29 is 4.74 Å². The Balaban J connectivity index is 1.82. The van der Waals surface area contributed by atoms with Crippen LogP contribution < -0.4 is 10.3 Å². The molecule has 1 aromatic heterocycles. The first-order chi connectivity index (χ1) is 11.2. The average Bonchev–Trinajstić information content (AvgIpc) is 2.56. The van der Waals surface area contributed by atoms with Crippen molar-refractivity contribution in [3.8, 4) is 5.75 Å². The van der Waals surface area contributed by atoms with Crippen molar-refractivity contribution >= 4 is 10.9 Å². The van der Waals surface area contributed by atoms with E-state index >= 15 is 0 Å². The number of fused-ring (bicyclic) bond motifs is 1. The molecule has 2 aromatic carbocycles. The van der Waals surface area contributed by atoms with Gasteiger partial charge in [-0.3, -0.25) is 9.69 Å². The number of benzene rings is 2. The molecule has 0 aliphatic rings. The summed E-state index contributed by atoms with van der Waals surface area (Å²) in [7, 11) is 3.64. The lowest BCUT2D eigenvalue weighted by Gasteiger charge is -2.16. The van der Waals surface area contributed by atoms with Crippen LogP contribution in [0.15, 0.2) is 59.4 Å². The monoisotopic (exact) mass is 308 g/mol. The highest BCUT2D eigenvalue weighted by molar-refractivity contribution is 5.80. The predicted octanol–water partition coefficient (Wildman–Crippen LogP) is 3.17. The van der Waals surface area contributed by atoms with Crippen LogP contribution in [0.5, 0.6) is 5.75 Å². The number of hydrogen-bond donors (Lipinski definition) is 1. The molecule has 0 radical (unpaired) electrons. The molecule has 0 fully saturated rings. The SMILES string of the molecule is COc1ccc2cc(CN(C)Cc3ccccc3)c(=O)[nH]c2c1. The third kappa shape index (κ3) is 3.60. The number of hydrogen-bond acceptors (Lipinski definition) is 3. The summed E-state index contributed by atoms with van der Waals surface area (Å²) < 4.78 is 5.19. The van der Waals surface area contributed by atoms with Gasteiger partial charge in [0.1, 0.15) is 5.75 Å². The Morgan fingerprint density at radius 1 is 1.04 bits per heavy atom. The number of ether oxygens (including phenoxy) is 1. The highest BCUT2D eigenvalue weighted by atomic mass is 16.5. The normalized spacial score (nSPS) is 11.1. The van der Waals surface area contributed by atoms with Crippen LogP contribution in [-0.2, 0) is 13.1 Å². The Kier molecular flexibility index (Phi) is 4.44. The highest BCUT2D eigenvalue weighted by Crippen LogP contribution is 2.19. The molecule has 0 saturated carbocycles. The molecule has 1 heterocycles. The first kappa shape index (κ1) is 15.3. The largest absolute Gasteiger partial charge is 0.497 e. The second-order valence-corrected chi connectivity index (χ2v) is 5.73. The van der Waals surface area contributed by atoms with Gasteiger partial charge < -0.3 is 9.72 Å². The second-order valence-electron chi connectivity index (χ2n) is 5.73. The van der Waals surface area contributed by atoms with E-state index in [1.165, 1.54) is 5.56 Å². The molecule has 0 atom stereocenters. The molecule has 3 aromatic rings. The summed E-state index contributed by atoms with van der Waals surface area (Å²) in [4.78, 5) is 17.4. The van der Waals surface area contributed by atoms with Gasteiger partial charge >= 0.3 is 0 Å². The van der Waals surface area contributed by atoms with Crippen molar-refractivity contribution in [3.63, 3.8) is 0 Å². The van der Waals surface area contributed by atoms with E-state index in [0.717, 1.165) is 28.8 Å². The molecule has 4 heteroatoms. The van der Waals surface area contributed by atoms with Crippen LogP contribution in [-0.4, -0.2) is 24.0 Å². The maximum absolute atomic E-state index is 12.3. The summed E-state index contributed by atoms with van der Waals surface area (Å²) in [6.45, 7) is 1.41. The Morgan fingerprint density at radius 3 is 2.57 bits per heavy atom. The smallest absolute Gasteiger partial charge is 0.252 e. The number of rotatable bonds is 5. The quantitative estimate of drug-likeness (QED) is 0.787. The molecule has 1 N–H and O–H groups in total. The van der Waals surface area contributed by atoms with Crippen LogP contribution in [0, 0.1) is 0 Å². The number of nitrogens with one attached hydrogen (secondary N) is 1. The Bertz CT molecular complexity index is 856. The molecule has 118 valence electrons. The van der Waals surface area contributed by atoms with E-state index in [0.29, 0.717) is 6.54 Å². The van der Waals surface area contributed by atoms with Crippen LogP contribution >= 0.6 is 0 Å². The zero-order chi connectivity index (χ0) is 16.2. The first-order valence-corrected chi connectivity index (χ1v) is 7.58. The van der Waals surface area contributed by atoms with E-state index in [9.17, 15) is 4.79 Å². The number of H-pyrrole nitrogens is 1. The minimum absolute atomic E-state index is 0.0503. The third-order valence-electron chi connectivity index (χ3n) is 3.87. The van der Waals surface area contributed by atoms with Gasteiger partial charge in [-0.1, -0.05) is 30.3 Å². The molecule has 23 heavy (non-hydrogen) atoms. The Hall–Kier alpha value is -2.59. The molecule has 3 rings (SSSR count). The zero-order valence-corrected chi connectivity index (χ0v) is 13.4. The lowest BCUT2D eigenvalue weighted by Crippen LogP contribution is -2.23. The van der Waals surface area contributed by atoms with Crippen LogP contribution in [0.25, 0.3) is 10.9 Å². The lowest BCUT2D eigenvalue weighted by atomic mass is 10.1. The highest BCUT2D eigenvalue weighted by Gasteiger charge is 2.07. The van der Waals surface area contributed by atoms with E-state index in [1.807, 2.05) is 49.5 Å². The van der Waals surface area contributed by atoms with Crippen LogP contribution in [0.4, 0.5) is 0 Å². The Morgan fingerprint density at radius 2 is 1.83 bits per heavy atom. The van der Waals surface area contributed by atoms with Crippen molar-refractivity contribution in [2.24, 2.45) is 0 Å². The molecular formula is C19H20N2O2. The van der Waals surface area contributed by atoms with Gasteiger partial charge in [0.05, 0.1) is 12.6 Å². The van der Waals surface area contributed by atoms with Gasteiger partial charge in [0.25, 0.3) is 5.56 Å². The fraction of sp³-hybridized carbons (Fsp3) is 0.211. The van der Waals surface area contributed by atoms with E-state index in [1.54, 1.807) is 7.11 Å². The number of methoxy groups -OCH3 is 1. The first-order valence-electron chi connectivity index (χ1n) is 7.58. The van der Waals surface area contributed by atoms with E-state index in [-0.39, 0.29) is 5.56 Å². The minimum atomic E-state index is -0.0503. The number of aromatic nitrogens is 1. The van der Waals surface area contributed by atoms with Crippen molar-refractivity contribution in [2.75, 3.05) is 14.2 Å². The topological polar surface area (TPSA) is 45.3 Å². The summed E-state index contributed by atoms with van der Waals surface area (Å²) in [6, 6.07) is 17.9. The minimum Gasteiger partial charge on any atom is -0.497 e. The molecule has 0 unspecified atom stereocenters. The van der Waals surface area contributed by atoms with Gasteiger partial charge in [0.15, 0.2) is 0 Å². The molecule has 0 bridgehead atoms. The van der Waals surface area contributed by atoms with E-state index in [4.69, 9.17) is 4.74 Å². The van der Waals surface area contributed by atoms with Crippen molar-refractivity contribution in [2.45, 2.75) is 13.1 Å². The molecule has 0 saturated heterocycles. The van der Waals surface area contributed by atoms with Gasteiger partial charge in [0.2, 0.25) is 0 Å². The van der Waals surface area contributed by atoms with Crippen LogP contribution in [0.3, 0.4) is 0 Å². The summed E-state index contributed by atoms with van der Waals surface area (Å²) in [5.41, 5.74) is 2.74. The van der Waals surface area contributed by atoms with Gasteiger partial charge in [-0.15, -0.1) is 0 Å². The van der Waals surface area contributed by atoms with E-state index in [2.05, 4.69) is 22.0 Å². The summed E-state index contributed by atoms with van der Waals surface area (Å²) in [5.74, 6) is 0.738. The third-order valence-corrected chi connectivity index (χ3v) is 3.87. The standard InChI is InChI=1S/C19H20N2O2/c1-21(12-14-6-4-3-5-7-14)13-16-10-15-8-9-17(23-2)11-18(15)20-19(16)22/h3-11H,12-13H2,1-2H3,(H,20,22). The maximum atomic E-state index is 12.3. The predicted molar refractivity (Wildman–Crippen MR) is 92.7 cm³/mol. The number of aromatic amines is 1. The maximum Gasteiger partial charge on any atom is 0.252 e.